The molecular weight excluding hydrogens is 336 g/mol. The average Bonchev–Trinajstić information content (AvgIpc) is 3.06. The third kappa shape index (κ3) is 3.02. The Bertz CT molecular complexity index is 910. The average molecular weight is 354 g/mol. The molecule has 128 valence electrons. The predicted octanol–water partition coefficient (Wildman–Crippen LogP) is 3.86. The number of rotatable bonds is 4. The number of fused-ring (bicyclic) bond motifs is 2. The second kappa shape index (κ2) is 6.68. The number of nitrogens with one attached hydrogen (secondary N) is 1. The monoisotopic (exact) mass is 354 g/mol. The molecule has 1 N–H and O–H groups in total. The first kappa shape index (κ1) is 15.8. The van der Waals surface area contributed by atoms with Crippen LogP contribution >= 0.6 is 11.3 Å². The molecule has 3 aromatic rings. The summed E-state index contributed by atoms with van der Waals surface area (Å²) in [6, 6.07) is 7.90. The molecule has 1 aliphatic carbocycles. The molecule has 2 heterocycles. The molecule has 7 heteroatoms. The van der Waals surface area contributed by atoms with Gasteiger partial charge in [0.2, 0.25) is 5.13 Å². The Kier molecular flexibility index (Phi) is 4.23. The molecule has 0 saturated carbocycles. The fourth-order valence-electron chi connectivity index (χ4n) is 2.99. The van der Waals surface area contributed by atoms with Crippen molar-refractivity contribution in [2.75, 3.05) is 19.6 Å². The first-order valence-corrected chi connectivity index (χ1v) is 8.89. The van der Waals surface area contributed by atoms with Crippen molar-refractivity contribution in [3.63, 3.8) is 0 Å². The summed E-state index contributed by atoms with van der Waals surface area (Å²) in [7, 11) is 3.25. The Morgan fingerprint density at radius 2 is 2.00 bits per heavy atom. The highest BCUT2D eigenvalue weighted by Gasteiger charge is 2.17. The smallest absolute Gasteiger partial charge is 0.204 e. The van der Waals surface area contributed by atoms with Crippen LogP contribution in [-0.2, 0) is 6.42 Å². The molecule has 0 saturated heterocycles. The summed E-state index contributed by atoms with van der Waals surface area (Å²) in [5, 5.41) is 5.30. The van der Waals surface area contributed by atoms with E-state index < -0.39 is 0 Å². The zero-order valence-corrected chi connectivity index (χ0v) is 14.9. The third-order valence-corrected chi connectivity index (χ3v) is 5.13. The number of methoxy groups -OCH3 is 2. The molecule has 0 amide bonds. The lowest BCUT2D eigenvalue weighted by Crippen LogP contribution is -2.15. The number of aromatic nitrogens is 2. The van der Waals surface area contributed by atoms with Gasteiger partial charge in [0.25, 0.3) is 0 Å². The number of benzene rings is 1. The molecule has 4 rings (SSSR count). The predicted molar refractivity (Wildman–Crippen MR) is 100 cm³/mol. The van der Waals surface area contributed by atoms with Gasteiger partial charge < -0.3 is 9.47 Å². The maximum atomic E-state index is 5.35. The quantitative estimate of drug-likeness (QED) is 0.721. The zero-order chi connectivity index (χ0) is 17.2. The largest absolute Gasteiger partial charge is 0.493 e. The van der Waals surface area contributed by atoms with Gasteiger partial charge in [-0.1, -0.05) is 17.4 Å². The van der Waals surface area contributed by atoms with E-state index in [-0.39, 0.29) is 0 Å². The number of hydrazone groups is 1. The number of thiazole rings is 1. The molecule has 6 nitrogen and oxygen atoms in total. The number of aryl methyl sites for hydroxylation is 1. The summed E-state index contributed by atoms with van der Waals surface area (Å²) in [5.74, 6) is 1.37. The summed E-state index contributed by atoms with van der Waals surface area (Å²) >= 11 is 1.53. The maximum Gasteiger partial charge on any atom is 0.204 e. The van der Waals surface area contributed by atoms with Crippen LogP contribution in [0.15, 0.2) is 35.6 Å². The van der Waals surface area contributed by atoms with Crippen LogP contribution in [0.25, 0.3) is 10.2 Å². The van der Waals surface area contributed by atoms with E-state index in [1.807, 2.05) is 24.4 Å². The lowest BCUT2D eigenvalue weighted by molar-refractivity contribution is 0.356. The van der Waals surface area contributed by atoms with Gasteiger partial charge >= 0.3 is 0 Å². The van der Waals surface area contributed by atoms with Gasteiger partial charge in [0, 0.05) is 18.3 Å². The fraction of sp³-hybridized carbons (Fsp3) is 0.278. The highest BCUT2D eigenvalue weighted by Crippen LogP contribution is 2.36. The van der Waals surface area contributed by atoms with Crippen molar-refractivity contribution in [1.82, 2.24) is 9.97 Å². The first-order valence-electron chi connectivity index (χ1n) is 8.08. The molecule has 25 heavy (non-hydrogen) atoms. The Labute approximate surface area is 149 Å². The number of ether oxygens (including phenoxy) is 2. The van der Waals surface area contributed by atoms with Crippen molar-refractivity contribution < 1.29 is 9.47 Å². The van der Waals surface area contributed by atoms with E-state index in [1.165, 1.54) is 16.9 Å². The van der Waals surface area contributed by atoms with Crippen molar-refractivity contribution in [3.05, 3.63) is 41.7 Å². The summed E-state index contributed by atoms with van der Waals surface area (Å²) in [5.41, 5.74) is 7.18. The normalized spacial score (nSPS) is 15.2. The van der Waals surface area contributed by atoms with Gasteiger partial charge in [0.05, 0.1) is 35.8 Å². The van der Waals surface area contributed by atoms with Gasteiger partial charge in [-0.05, 0) is 30.9 Å². The molecule has 0 unspecified atom stereocenters. The highest BCUT2D eigenvalue weighted by molar-refractivity contribution is 7.22. The number of nitrogens with zero attached hydrogens (tertiary/aromatic N) is 3. The van der Waals surface area contributed by atoms with E-state index in [2.05, 4.69) is 26.6 Å². The van der Waals surface area contributed by atoms with Gasteiger partial charge in [0.1, 0.15) is 0 Å². The van der Waals surface area contributed by atoms with Crippen LogP contribution in [-0.4, -0.2) is 29.9 Å². The van der Waals surface area contributed by atoms with Gasteiger partial charge in [-0.25, -0.2) is 4.98 Å². The van der Waals surface area contributed by atoms with Crippen molar-refractivity contribution in [2.45, 2.75) is 19.3 Å². The van der Waals surface area contributed by atoms with E-state index in [9.17, 15) is 0 Å². The molecule has 1 aliphatic rings. The van der Waals surface area contributed by atoms with E-state index in [1.54, 1.807) is 14.2 Å². The molecule has 0 spiro atoms. The van der Waals surface area contributed by atoms with Crippen molar-refractivity contribution in [1.29, 1.82) is 0 Å². The van der Waals surface area contributed by atoms with Gasteiger partial charge in [0.15, 0.2) is 11.5 Å². The number of anilines is 1. The van der Waals surface area contributed by atoms with Crippen molar-refractivity contribution >= 4 is 32.4 Å². The Balaban J connectivity index is 1.63. The minimum Gasteiger partial charge on any atom is -0.493 e. The molecular formula is C18H18N4O2S. The van der Waals surface area contributed by atoms with Crippen LogP contribution in [0.3, 0.4) is 0 Å². The van der Waals surface area contributed by atoms with Crippen molar-refractivity contribution in [2.24, 2.45) is 5.10 Å². The SMILES string of the molecule is COc1cc2nc(N/N=C3\CCCc4cccnc43)sc2cc1OC. The van der Waals surface area contributed by atoms with E-state index in [0.717, 1.165) is 46.0 Å². The molecule has 0 bridgehead atoms. The minimum atomic E-state index is 0.670. The molecule has 0 fully saturated rings. The van der Waals surface area contributed by atoms with Crippen LogP contribution in [0.2, 0.25) is 0 Å². The van der Waals surface area contributed by atoms with Crippen LogP contribution in [0, 0.1) is 0 Å². The summed E-state index contributed by atoms with van der Waals surface area (Å²) in [4.78, 5) is 9.06. The molecule has 0 radical (unpaired) electrons. The highest BCUT2D eigenvalue weighted by atomic mass is 32.1. The number of hydrogen-bond acceptors (Lipinski definition) is 7. The maximum absolute atomic E-state index is 5.35. The summed E-state index contributed by atoms with van der Waals surface area (Å²) in [6.07, 6.45) is 4.88. The van der Waals surface area contributed by atoms with Crippen LogP contribution in [0.1, 0.15) is 24.1 Å². The minimum absolute atomic E-state index is 0.670. The van der Waals surface area contributed by atoms with E-state index in [4.69, 9.17) is 9.47 Å². The van der Waals surface area contributed by atoms with Crippen LogP contribution in [0.4, 0.5) is 5.13 Å². The summed E-state index contributed by atoms with van der Waals surface area (Å²) < 4.78 is 11.7. The molecule has 0 atom stereocenters. The Morgan fingerprint density at radius 1 is 1.16 bits per heavy atom. The van der Waals surface area contributed by atoms with Crippen LogP contribution in [0.5, 0.6) is 11.5 Å². The third-order valence-electron chi connectivity index (χ3n) is 4.20. The second-order valence-corrected chi connectivity index (χ2v) is 6.76. The topological polar surface area (TPSA) is 68.6 Å². The van der Waals surface area contributed by atoms with Gasteiger partial charge in [-0.2, -0.15) is 5.10 Å². The number of hydrogen-bond donors (Lipinski definition) is 1. The molecule has 1 aromatic carbocycles. The first-order chi connectivity index (χ1) is 12.3. The second-order valence-electron chi connectivity index (χ2n) is 5.73. The lowest BCUT2D eigenvalue weighted by atomic mass is 9.95. The summed E-state index contributed by atoms with van der Waals surface area (Å²) in [6.45, 7) is 0. The van der Waals surface area contributed by atoms with Crippen LogP contribution < -0.4 is 14.9 Å². The number of pyridine rings is 1. The fourth-order valence-corrected chi connectivity index (χ4v) is 3.81. The standard InChI is InChI=1S/C18H18N4O2S/c1-23-14-9-13-16(10-15(14)24-2)25-18(20-13)22-21-12-7-3-5-11-6-4-8-19-17(11)12/h4,6,8-10H,3,5,7H2,1-2H3,(H,20,22)/b21-12+. The Hall–Kier alpha value is -2.67. The molecule has 0 aliphatic heterocycles. The zero-order valence-electron chi connectivity index (χ0n) is 14.1. The lowest BCUT2D eigenvalue weighted by Gasteiger charge is -2.15. The Morgan fingerprint density at radius 3 is 2.84 bits per heavy atom. The van der Waals surface area contributed by atoms with Gasteiger partial charge in [-0.3, -0.25) is 10.4 Å². The van der Waals surface area contributed by atoms with Gasteiger partial charge in [-0.15, -0.1) is 0 Å². The van der Waals surface area contributed by atoms with E-state index in [0.29, 0.717) is 11.5 Å². The van der Waals surface area contributed by atoms with Crippen molar-refractivity contribution in [3.8, 4) is 11.5 Å². The van der Waals surface area contributed by atoms with E-state index >= 15 is 0 Å². The molecule has 2 aromatic heterocycles.